The zero-order chi connectivity index (χ0) is 22.4. The Morgan fingerprint density at radius 2 is 1.06 bits per heavy atom. The molecule has 6 rings (SSSR count). The number of hydrogen-bond donors (Lipinski definition) is 0. The first-order valence-electron chi connectivity index (χ1n) is 11.8. The summed E-state index contributed by atoms with van der Waals surface area (Å²) in [5.41, 5.74) is 9.92. The SMILES string of the molecule is CC1=C(C)C2(C)CP1C(C1=C(C)C3(C)CP1C(c1ccccc1)=C3c1ccccc1)=C2C. The van der Waals surface area contributed by atoms with Gasteiger partial charge in [-0.25, -0.2) is 0 Å². The summed E-state index contributed by atoms with van der Waals surface area (Å²) < 4.78 is 0. The standard InChI is InChI=1S/C30H32P2/c1-19-22(4)31-17-29(19,5)20(2)26(31)27-21(3)30(6)18-32(27)28(24-15-11-8-12-16-24)25(30)23-13-9-7-10-14-23/h7-16H,17-18H2,1-6H3. The Kier molecular flexibility index (Phi) is 4.48. The van der Waals surface area contributed by atoms with Crippen LogP contribution in [0.5, 0.6) is 0 Å². The van der Waals surface area contributed by atoms with E-state index in [0.717, 1.165) is 0 Å². The third-order valence-electron chi connectivity index (χ3n) is 9.02. The third kappa shape index (κ3) is 2.47. The summed E-state index contributed by atoms with van der Waals surface area (Å²) in [4.78, 5) is 0. The quantitative estimate of drug-likeness (QED) is 0.405. The van der Waals surface area contributed by atoms with E-state index in [1.54, 1.807) is 43.5 Å². The molecule has 32 heavy (non-hydrogen) atoms. The van der Waals surface area contributed by atoms with Crippen LogP contribution in [0.15, 0.2) is 93.3 Å². The predicted octanol–water partition coefficient (Wildman–Crippen LogP) is 9.43. The molecule has 0 saturated carbocycles. The summed E-state index contributed by atoms with van der Waals surface area (Å²) in [7, 11) is -0.487. The van der Waals surface area contributed by atoms with Gasteiger partial charge < -0.3 is 0 Å². The molecule has 2 aromatic carbocycles. The van der Waals surface area contributed by atoms with Crippen molar-refractivity contribution < 1.29 is 0 Å². The lowest BCUT2D eigenvalue weighted by molar-refractivity contribution is 0.561. The van der Waals surface area contributed by atoms with Crippen molar-refractivity contribution in [3.05, 3.63) is 104 Å². The first-order chi connectivity index (χ1) is 15.3. The van der Waals surface area contributed by atoms with Crippen LogP contribution in [0.3, 0.4) is 0 Å². The van der Waals surface area contributed by atoms with E-state index in [1.165, 1.54) is 23.5 Å². The number of hydrogen-bond acceptors (Lipinski definition) is 0. The van der Waals surface area contributed by atoms with Crippen molar-refractivity contribution in [1.82, 2.24) is 0 Å². The molecule has 0 spiro atoms. The monoisotopic (exact) mass is 454 g/mol. The highest BCUT2D eigenvalue weighted by atomic mass is 31.1. The molecule has 4 aliphatic heterocycles. The summed E-state index contributed by atoms with van der Waals surface area (Å²) in [5.74, 6) is 0. The Morgan fingerprint density at radius 1 is 0.562 bits per heavy atom. The molecule has 2 heteroatoms. The zero-order valence-electron chi connectivity index (χ0n) is 20.1. The lowest BCUT2D eigenvalue weighted by atomic mass is 9.73. The van der Waals surface area contributed by atoms with Gasteiger partial charge in [0.15, 0.2) is 0 Å². The molecule has 0 aromatic heterocycles. The van der Waals surface area contributed by atoms with Gasteiger partial charge >= 0.3 is 0 Å². The molecule has 0 radical (unpaired) electrons. The number of fused-ring (bicyclic) bond motifs is 4. The second kappa shape index (κ2) is 6.88. The van der Waals surface area contributed by atoms with E-state index in [0.29, 0.717) is 5.41 Å². The van der Waals surface area contributed by atoms with Gasteiger partial charge in [0.2, 0.25) is 0 Å². The molecule has 162 valence electrons. The normalized spacial score (nSPS) is 33.4. The van der Waals surface area contributed by atoms with Crippen LogP contribution in [-0.2, 0) is 0 Å². The van der Waals surface area contributed by atoms with Crippen LogP contribution in [0.25, 0.3) is 10.9 Å². The second-order valence-corrected chi connectivity index (χ2v) is 14.8. The molecule has 4 bridgehead atoms. The van der Waals surface area contributed by atoms with Crippen molar-refractivity contribution >= 4 is 26.7 Å². The van der Waals surface area contributed by atoms with Crippen LogP contribution in [0.4, 0.5) is 0 Å². The predicted molar refractivity (Wildman–Crippen MR) is 143 cm³/mol. The van der Waals surface area contributed by atoms with Gasteiger partial charge in [0.25, 0.3) is 0 Å². The minimum atomic E-state index is -0.333. The lowest BCUT2D eigenvalue weighted by Gasteiger charge is -2.34. The van der Waals surface area contributed by atoms with Gasteiger partial charge in [-0.2, -0.15) is 0 Å². The maximum absolute atomic E-state index is 2.54. The van der Waals surface area contributed by atoms with Gasteiger partial charge in [-0.05, 0) is 93.8 Å². The minimum Gasteiger partial charge on any atom is -0.0622 e. The number of allylic oxidation sites excluding steroid dienone is 7. The third-order valence-corrected chi connectivity index (χ3v) is 15.5. The van der Waals surface area contributed by atoms with Gasteiger partial charge in [0, 0.05) is 10.8 Å². The molecule has 0 N–H and O–H groups in total. The van der Waals surface area contributed by atoms with Gasteiger partial charge in [0.05, 0.1) is 0 Å². The smallest absolute Gasteiger partial charge is 0.0198 e. The topological polar surface area (TPSA) is 0 Å². The van der Waals surface area contributed by atoms with E-state index in [2.05, 4.69) is 102 Å². The molecule has 0 aliphatic carbocycles. The summed E-state index contributed by atoms with van der Waals surface area (Å²) in [6, 6.07) is 22.5. The molecule has 2 aromatic rings. The maximum Gasteiger partial charge on any atom is 0.0198 e. The van der Waals surface area contributed by atoms with Crippen molar-refractivity contribution in [3.63, 3.8) is 0 Å². The molecule has 4 heterocycles. The summed E-state index contributed by atoms with van der Waals surface area (Å²) >= 11 is 0. The van der Waals surface area contributed by atoms with Crippen molar-refractivity contribution in [2.45, 2.75) is 41.5 Å². The van der Waals surface area contributed by atoms with Crippen molar-refractivity contribution in [2.24, 2.45) is 10.8 Å². The average Bonchev–Trinajstić information content (AvgIpc) is 3.43. The van der Waals surface area contributed by atoms with Gasteiger partial charge in [-0.3, -0.25) is 0 Å². The fraction of sp³-hybridized carbons (Fsp3) is 0.333. The molecule has 0 saturated heterocycles. The van der Waals surface area contributed by atoms with E-state index >= 15 is 0 Å². The highest BCUT2D eigenvalue weighted by Gasteiger charge is 2.57. The Hall–Kier alpha value is -1.74. The zero-order valence-corrected chi connectivity index (χ0v) is 21.9. The van der Waals surface area contributed by atoms with E-state index in [9.17, 15) is 0 Å². The van der Waals surface area contributed by atoms with Gasteiger partial charge in [-0.15, -0.1) is 0 Å². The Morgan fingerprint density at radius 3 is 1.66 bits per heavy atom. The molecular formula is C30H32P2. The van der Waals surface area contributed by atoms with Crippen LogP contribution in [-0.4, -0.2) is 12.3 Å². The van der Waals surface area contributed by atoms with Crippen molar-refractivity contribution in [2.75, 3.05) is 12.3 Å². The Balaban J connectivity index is 1.58. The molecule has 4 aliphatic rings. The van der Waals surface area contributed by atoms with Gasteiger partial charge in [0.1, 0.15) is 0 Å². The highest BCUT2D eigenvalue weighted by molar-refractivity contribution is 7.77. The average molecular weight is 455 g/mol. The lowest BCUT2D eigenvalue weighted by Crippen LogP contribution is -2.19. The first kappa shape index (κ1) is 20.8. The van der Waals surface area contributed by atoms with E-state index in [-0.39, 0.29) is 21.3 Å². The molecule has 4 unspecified atom stereocenters. The molecular weight excluding hydrogens is 422 g/mol. The van der Waals surface area contributed by atoms with E-state index in [4.69, 9.17) is 0 Å². The molecule has 0 fully saturated rings. The van der Waals surface area contributed by atoms with Crippen LogP contribution in [0, 0.1) is 10.8 Å². The molecule has 4 atom stereocenters. The minimum absolute atomic E-state index is 0.146. The fourth-order valence-corrected chi connectivity index (χ4v) is 14.7. The van der Waals surface area contributed by atoms with E-state index in [1.807, 2.05) is 0 Å². The number of benzene rings is 2. The van der Waals surface area contributed by atoms with Gasteiger partial charge in [-0.1, -0.05) is 91.2 Å². The first-order valence-corrected chi connectivity index (χ1v) is 14.9. The molecule has 0 amide bonds. The van der Waals surface area contributed by atoms with Crippen LogP contribution in [0.2, 0.25) is 0 Å². The molecule has 0 nitrogen and oxygen atoms in total. The summed E-state index contributed by atoms with van der Waals surface area (Å²) in [6.45, 7) is 14.8. The van der Waals surface area contributed by atoms with Crippen LogP contribution >= 0.6 is 15.8 Å². The van der Waals surface area contributed by atoms with Crippen LogP contribution < -0.4 is 0 Å². The highest BCUT2D eigenvalue weighted by Crippen LogP contribution is 2.85. The Labute approximate surface area is 195 Å². The second-order valence-electron chi connectivity index (χ2n) is 10.4. The van der Waals surface area contributed by atoms with Crippen molar-refractivity contribution in [3.8, 4) is 0 Å². The summed E-state index contributed by atoms with van der Waals surface area (Å²) in [5, 5.41) is 6.93. The van der Waals surface area contributed by atoms with E-state index < -0.39 is 0 Å². The largest absolute Gasteiger partial charge is 0.0622 e. The fourth-order valence-electron chi connectivity index (χ4n) is 6.66. The van der Waals surface area contributed by atoms with Crippen LogP contribution in [0.1, 0.15) is 52.7 Å². The maximum atomic E-state index is 2.54. The Bertz CT molecular complexity index is 1270. The van der Waals surface area contributed by atoms with Crippen molar-refractivity contribution in [1.29, 1.82) is 0 Å². The summed E-state index contributed by atoms with van der Waals surface area (Å²) in [6.07, 6.45) is 2.64. The number of rotatable bonds is 3.